The van der Waals surface area contributed by atoms with E-state index in [9.17, 15) is 9.59 Å². The predicted molar refractivity (Wildman–Crippen MR) is 52.9 cm³/mol. The maximum absolute atomic E-state index is 11.8. The smallest absolute Gasteiger partial charge is 0.314 e. The normalized spacial score (nSPS) is 26.6. The largest absolute Gasteiger partial charge is 0.481 e. The number of carbonyl (C=O) groups excluding carboxylic acids is 1. The van der Waals surface area contributed by atoms with Crippen molar-refractivity contribution in [3.63, 3.8) is 0 Å². The molecule has 1 aliphatic rings. The van der Waals surface area contributed by atoms with Gasteiger partial charge in [-0.2, -0.15) is 0 Å². The van der Waals surface area contributed by atoms with Crippen molar-refractivity contribution in [2.75, 3.05) is 0 Å². The van der Waals surface area contributed by atoms with E-state index in [2.05, 4.69) is 0 Å². The lowest BCUT2D eigenvalue weighted by Crippen LogP contribution is -2.34. The average Bonchev–Trinajstić information content (AvgIpc) is 2.17. The number of Topliss-reactive ketones (excluding diaryl/α,β-unsaturated/α-hetero) is 1. The summed E-state index contributed by atoms with van der Waals surface area (Å²) in [5.41, 5.74) is 0.456. The Hall–Kier alpha value is -1.12. The first kappa shape index (κ1) is 11.0. The fourth-order valence-corrected chi connectivity index (χ4v) is 1.70. The molecule has 1 aliphatic carbocycles. The number of hydrogen-bond acceptors (Lipinski definition) is 2. The van der Waals surface area contributed by atoms with Crippen LogP contribution in [0.25, 0.3) is 0 Å². The van der Waals surface area contributed by atoms with E-state index in [0.717, 1.165) is 5.57 Å². The maximum Gasteiger partial charge on any atom is 0.314 e. The molecule has 1 unspecified atom stereocenters. The molecule has 0 radical (unpaired) electrons. The van der Waals surface area contributed by atoms with Crippen LogP contribution < -0.4 is 0 Å². The molecule has 0 bridgehead atoms. The zero-order valence-corrected chi connectivity index (χ0v) is 8.83. The van der Waals surface area contributed by atoms with Crippen molar-refractivity contribution in [2.45, 2.75) is 33.6 Å². The van der Waals surface area contributed by atoms with Gasteiger partial charge in [0.1, 0.15) is 5.92 Å². The molecule has 0 aromatic heterocycles. The Bertz CT molecular complexity index is 300. The molecule has 0 heterocycles. The molecule has 1 rings (SSSR count). The minimum atomic E-state index is -1.00. The molecular weight excluding hydrogens is 180 g/mol. The van der Waals surface area contributed by atoms with Gasteiger partial charge in [0, 0.05) is 5.41 Å². The third kappa shape index (κ3) is 2.03. The van der Waals surface area contributed by atoms with Crippen molar-refractivity contribution in [1.29, 1.82) is 0 Å². The Morgan fingerprint density at radius 3 is 2.64 bits per heavy atom. The zero-order valence-electron chi connectivity index (χ0n) is 8.83. The van der Waals surface area contributed by atoms with E-state index in [0.29, 0.717) is 12.8 Å². The quantitative estimate of drug-likeness (QED) is 0.515. The topological polar surface area (TPSA) is 54.4 Å². The molecule has 14 heavy (non-hydrogen) atoms. The third-order valence-corrected chi connectivity index (χ3v) is 2.77. The maximum atomic E-state index is 11.8. The van der Waals surface area contributed by atoms with Gasteiger partial charge >= 0.3 is 5.97 Å². The number of hydrogen-bond donors (Lipinski definition) is 1. The van der Waals surface area contributed by atoms with E-state index in [1.807, 2.05) is 13.0 Å². The van der Waals surface area contributed by atoms with Crippen LogP contribution >= 0.6 is 0 Å². The van der Waals surface area contributed by atoms with Crippen LogP contribution in [0, 0.1) is 11.3 Å². The van der Waals surface area contributed by atoms with E-state index in [1.165, 1.54) is 0 Å². The number of allylic oxidation sites excluding steroid dienone is 2. The molecule has 0 aromatic rings. The van der Waals surface area contributed by atoms with Crippen LogP contribution in [0.5, 0.6) is 0 Å². The second kappa shape index (κ2) is 3.56. The molecule has 0 fully saturated rings. The molecule has 3 nitrogen and oxygen atoms in total. The summed E-state index contributed by atoms with van der Waals surface area (Å²) >= 11 is 0. The van der Waals surface area contributed by atoms with Gasteiger partial charge in [0.05, 0.1) is 0 Å². The standard InChI is InChI=1S/C11H16O3/c1-7-4-5-11(2,3)9(12)8(6-7)10(13)14/h4,8H,5-6H2,1-3H3,(H,13,14). The summed E-state index contributed by atoms with van der Waals surface area (Å²) in [6.45, 7) is 5.49. The zero-order chi connectivity index (χ0) is 10.9. The van der Waals surface area contributed by atoms with E-state index >= 15 is 0 Å². The molecule has 0 aliphatic heterocycles. The number of ketones is 1. The molecule has 3 heteroatoms. The minimum absolute atomic E-state index is 0.155. The summed E-state index contributed by atoms with van der Waals surface area (Å²) in [6, 6.07) is 0. The highest BCUT2D eigenvalue weighted by Crippen LogP contribution is 2.33. The van der Waals surface area contributed by atoms with E-state index < -0.39 is 17.3 Å². The Morgan fingerprint density at radius 2 is 2.14 bits per heavy atom. The first-order valence-electron chi connectivity index (χ1n) is 4.77. The van der Waals surface area contributed by atoms with Gasteiger partial charge in [0.25, 0.3) is 0 Å². The molecular formula is C11H16O3. The molecule has 1 N–H and O–H groups in total. The van der Waals surface area contributed by atoms with Crippen LogP contribution in [0.2, 0.25) is 0 Å². The molecule has 78 valence electrons. The lowest BCUT2D eigenvalue weighted by atomic mass is 9.79. The minimum Gasteiger partial charge on any atom is -0.481 e. The highest BCUT2D eigenvalue weighted by Gasteiger charge is 2.38. The molecule has 0 spiro atoms. The van der Waals surface area contributed by atoms with Crippen LogP contribution in [0.1, 0.15) is 33.6 Å². The second-order valence-corrected chi connectivity index (χ2v) is 4.60. The summed E-state index contributed by atoms with van der Waals surface area (Å²) in [4.78, 5) is 22.7. The van der Waals surface area contributed by atoms with E-state index in [4.69, 9.17) is 5.11 Å². The summed E-state index contributed by atoms with van der Waals surface area (Å²) in [5, 5.41) is 8.94. The van der Waals surface area contributed by atoms with Crippen LogP contribution in [0.4, 0.5) is 0 Å². The first-order chi connectivity index (χ1) is 6.34. The predicted octanol–water partition coefficient (Wildman–Crippen LogP) is 2.02. The van der Waals surface area contributed by atoms with Crippen molar-refractivity contribution in [3.05, 3.63) is 11.6 Å². The summed E-state index contributed by atoms with van der Waals surface area (Å²) in [6.07, 6.45) is 2.97. The second-order valence-electron chi connectivity index (χ2n) is 4.60. The highest BCUT2D eigenvalue weighted by molar-refractivity contribution is 6.01. The third-order valence-electron chi connectivity index (χ3n) is 2.77. The van der Waals surface area contributed by atoms with E-state index in [-0.39, 0.29) is 5.78 Å². The molecule has 1 atom stereocenters. The fraction of sp³-hybridized carbons (Fsp3) is 0.636. The van der Waals surface area contributed by atoms with Gasteiger partial charge in [-0.15, -0.1) is 0 Å². The number of carboxylic acid groups (broad SMARTS) is 1. The van der Waals surface area contributed by atoms with Gasteiger partial charge in [0.2, 0.25) is 0 Å². The number of rotatable bonds is 1. The van der Waals surface area contributed by atoms with Crippen molar-refractivity contribution in [3.8, 4) is 0 Å². The van der Waals surface area contributed by atoms with Gasteiger partial charge in [-0.25, -0.2) is 0 Å². The monoisotopic (exact) mass is 196 g/mol. The number of carbonyl (C=O) groups is 2. The van der Waals surface area contributed by atoms with Gasteiger partial charge in [-0.05, 0) is 19.8 Å². The summed E-state index contributed by atoms with van der Waals surface area (Å²) < 4.78 is 0. The first-order valence-corrected chi connectivity index (χ1v) is 4.77. The van der Waals surface area contributed by atoms with Crippen molar-refractivity contribution in [2.24, 2.45) is 11.3 Å². The van der Waals surface area contributed by atoms with Crippen molar-refractivity contribution >= 4 is 11.8 Å². The molecule has 0 saturated heterocycles. The Kier molecular flexibility index (Phi) is 2.79. The van der Waals surface area contributed by atoms with Crippen molar-refractivity contribution < 1.29 is 14.7 Å². The molecule has 0 aromatic carbocycles. The van der Waals surface area contributed by atoms with E-state index in [1.54, 1.807) is 13.8 Å². The Balaban J connectivity index is 3.02. The Morgan fingerprint density at radius 1 is 1.57 bits per heavy atom. The highest BCUT2D eigenvalue weighted by atomic mass is 16.4. The average molecular weight is 196 g/mol. The van der Waals surface area contributed by atoms with Crippen LogP contribution in [-0.2, 0) is 9.59 Å². The number of aliphatic carboxylic acids is 1. The van der Waals surface area contributed by atoms with Gasteiger partial charge < -0.3 is 5.11 Å². The molecule has 0 saturated carbocycles. The van der Waals surface area contributed by atoms with Crippen LogP contribution in [-0.4, -0.2) is 16.9 Å². The Labute approximate surface area is 83.8 Å². The fourth-order valence-electron chi connectivity index (χ4n) is 1.70. The van der Waals surface area contributed by atoms with Gasteiger partial charge in [-0.3, -0.25) is 9.59 Å². The number of carboxylic acids is 1. The van der Waals surface area contributed by atoms with Crippen molar-refractivity contribution in [1.82, 2.24) is 0 Å². The van der Waals surface area contributed by atoms with Gasteiger partial charge in [0.15, 0.2) is 5.78 Å². The lowest BCUT2D eigenvalue weighted by Gasteiger charge is -2.22. The summed E-state index contributed by atoms with van der Waals surface area (Å²) in [7, 11) is 0. The molecule has 0 amide bonds. The SMILES string of the molecule is CC1=CCC(C)(C)C(=O)C(C(=O)O)C1. The van der Waals surface area contributed by atoms with Crippen LogP contribution in [0.15, 0.2) is 11.6 Å². The van der Waals surface area contributed by atoms with Gasteiger partial charge in [-0.1, -0.05) is 25.5 Å². The lowest BCUT2D eigenvalue weighted by molar-refractivity contribution is -0.149. The van der Waals surface area contributed by atoms with Crippen LogP contribution in [0.3, 0.4) is 0 Å². The summed E-state index contributed by atoms with van der Waals surface area (Å²) in [5.74, 6) is -2.01.